The van der Waals surface area contributed by atoms with Gasteiger partial charge in [-0.1, -0.05) is 25.7 Å². The molecule has 2 rings (SSSR count). The fourth-order valence-electron chi connectivity index (χ4n) is 3.12. The Balaban J connectivity index is 2.05. The summed E-state index contributed by atoms with van der Waals surface area (Å²) >= 11 is 0. The Morgan fingerprint density at radius 1 is 1.00 bits per heavy atom. The Bertz CT molecular complexity index is 430. The number of carbonyl (C=O) groups is 1. The first kappa shape index (κ1) is 15.7. The van der Waals surface area contributed by atoms with Crippen LogP contribution in [0.4, 0.5) is 0 Å². The molecular formula is C13H24N2O4S. The largest absolute Gasteiger partial charge is 0.480 e. The molecule has 7 heteroatoms. The summed E-state index contributed by atoms with van der Waals surface area (Å²) in [5.41, 5.74) is 0. The highest BCUT2D eigenvalue weighted by Crippen LogP contribution is 2.22. The Hall–Kier alpha value is -0.660. The van der Waals surface area contributed by atoms with Gasteiger partial charge < -0.3 is 5.11 Å². The third-order valence-corrected chi connectivity index (χ3v) is 5.90. The number of hydrogen-bond acceptors (Lipinski definition) is 3. The zero-order valence-electron chi connectivity index (χ0n) is 11.8. The molecule has 1 saturated carbocycles. The molecule has 0 aromatic rings. The van der Waals surface area contributed by atoms with E-state index in [0.717, 1.165) is 55.7 Å². The van der Waals surface area contributed by atoms with Crippen LogP contribution in [-0.4, -0.2) is 42.4 Å². The Morgan fingerprint density at radius 2 is 1.60 bits per heavy atom. The van der Waals surface area contributed by atoms with E-state index in [2.05, 4.69) is 4.72 Å². The van der Waals surface area contributed by atoms with Gasteiger partial charge in [-0.3, -0.25) is 4.79 Å². The molecule has 1 aliphatic heterocycles. The second-order valence-electron chi connectivity index (χ2n) is 5.77. The van der Waals surface area contributed by atoms with Crippen molar-refractivity contribution < 1.29 is 18.3 Å². The van der Waals surface area contributed by atoms with Gasteiger partial charge in [0.25, 0.3) is 10.2 Å². The number of aliphatic carboxylic acids is 1. The second-order valence-corrected chi connectivity index (χ2v) is 7.43. The summed E-state index contributed by atoms with van der Waals surface area (Å²) in [6, 6.07) is -0.953. The number of nitrogens with one attached hydrogen (secondary N) is 1. The molecule has 1 atom stereocenters. The van der Waals surface area contributed by atoms with E-state index in [1.807, 2.05) is 0 Å². The maximum Gasteiger partial charge on any atom is 0.322 e. The first-order valence-electron chi connectivity index (χ1n) is 7.52. The maximum absolute atomic E-state index is 12.4. The zero-order valence-corrected chi connectivity index (χ0v) is 12.6. The van der Waals surface area contributed by atoms with Crippen LogP contribution >= 0.6 is 0 Å². The lowest BCUT2D eigenvalue weighted by molar-refractivity contribution is -0.142. The highest BCUT2D eigenvalue weighted by Gasteiger charge is 2.37. The third kappa shape index (κ3) is 3.93. The summed E-state index contributed by atoms with van der Waals surface area (Å²) in [7, 11) is -3.69. The minimum absolute atomic E-state index is 0.0427. The Labute approximate surface area is 120 Å². The van der Waals surface area contributed by atoms with Crippen LogP contribution in [0.3, 0.4) is 0 Å². The third-order valence-electron chi connectivity index (χ3n) is 4.22. The minimum atomic E-state index is -3.69. The summed E-state index contributed by atoms with van der Waals surface area (Å²) in [5, 5.41) is 9.19. The predicted octanol–water partition coefficient (Wildman–Crippen LogP) is 1.48. The summed E-state index contributed by atoms with van der Waals surface area (Å²) < 4.78 is 28.7. The van der Waals surface area contributed by atoms with Gasteiger partial charge in [0.1, 0.15) is 6.04 Å². The van der Waals surface area contributed by atoms with Crippen LogP contribution in [0.1, 0.15) is 57.8 Å². The summed E-state index contributed by atoms with van der Waals surface area (Å²) in [6.07, 6.45) is 7.99. The van der Waals surface area contributed by atoms with Crippen molar-refractivity contribution in [2.75, 3.05) is 6.54 Å². The van der Waals surface area contributed by atoms with Crippen molar-refractivity contribution in [3.63, 3.8) is 0 Å². The molecule has 1 heterocycles. The van der Waals surface area contributed by atoms with Gasteiger partial charge in [0, 0.05) is 12.6 Å². The molecule has 0 aromatic carbocycles. The molecule has 0 aromatic heterocycles. The van der Waals surface area contributed by atoms with Crippen molar-refractivity contribution in [1.29, 1.82) is 0 Å². The number of hydrogen-bond donors (Lipinski definition) is 2. The quantitative estimate of drug-likeness (QED) is 0.770. The van der Waals surface area contributed by atoms with Gasteiger partial charge in [0.05, 0.1) is 0 Å². The highest BCUT2D eigenvalue weighted by molar-refractivity contribution is 7.87. The van der Waals surface area contributed by atoms with E-state index in [1.54, 1.807) is 0 Å². The summed E-state index contributed by atoms with van der Waals surface area (Å²) in [6.45, 7) is 0.305. The smallest absolute Gasteiger partial charge is 0.322 e. The molecule has 2 fully saturated rings. The van der Waals surface area contributed by atoms with Gasteiger partial charge in [0.2, 0.25) is 0 Å². The lowest BCUT2D eigenvalue weighted by Gasteiger charge is -2.33. The normalized spacial score (nSPS) is 27.1. The maximum atomic E-state index is 12.4. The molecule has 1 saturated heterocycles. The molecule has 2 N–H and O–H groups in total. The molecular weight excluding hydrogens is 280 g/mol. The Kier molecular flexibility index (Phi) is 5.40. The van der Waals surface area contributed by atoms with Crippen LogP contribution in [0.2, 0.25) is 0 Å². The van der Waals surface area contributed by atoms with Gasteiger partial charge in [-0.2, -0.15) is 17.4 Å². The van der Waals surface area contributed by atoms with E-state index in [9.17, 15) is 18.3 Å². The van der Waals surface area contributed by atoms with Gasteiger partial charge in [-0.15, -0.1) is 0 Å². The van der Waals surface area contributed by atoms with Crippen LogP contribution in [-0.2, 0) is 15.0 Å². The van der Waals surface area contributed by atoms with Crippen LogP contribution in [0.25, 0.3) is 0 Å². The van der Waals surface area contributed by atoms with Crippen LogP contribution < -0.4 is 4.72 Å². The average molecular weight is 304 g/mol. The first-order valence-corrected chi connectivity index (χ1v) is 8.96. The Morgan fingerprint density at radius 3 is 2.20 bits per heavy atom. The van der Waals surface area contributed by atoms with Gasteiger partial charge in [-0.05, 0) is 32.1 Å². The fourth-order valence-corrected chi connectivity index (χ4v) is 4.81. The average Bonchev–Trinajstić information content (AvgIpc) is 2.67. The van der Waals surface area contributed by atoms with Crippen molar-refractivity contribution in [3.05, 3.63) is 0 Å². The number of rotatable bonds is 4. The summed E-state index contributed by atoms with van der Waals surface area (Å²) in [5.74, 6) is -1.05. The summed E-state index contributed by atoms with van der Waals surface area (Å²) in [4.78, 5) is 11.2. The van der Waals surface area contributed by atoms with Crippen LogP contribution in [0.5, 0.6) is 0 Å². The number of nitrogens with zero attached hydrogens (tertiary/aromatic N) is 1. The lowest BCUT2D eigenvalue weighted by Crippen LogP contribution is -2.54. The van der Waals surface area contributed by atoms with Crippen molar-refractivity contribution in [3.8, 4) is 0 Å². The molecule has 6 nitrogen and oxygen atoms in total. The van der Waals surface area contributed by atoms with Crippen molar-refractivity contribution >= 4 is 16.2 Å². The van der Waals surface area contributed by atoms with E-state index in [0.29, 0.717) is 13.0 Å². The van der Waals surface area contributed by atoms with E-state index in [4.69, 9.17) is 0 Å². The molecule has 1 aliphatic carbocycles. The molecule has 0 bridgehead atoms. The van der Waals surface area contributed by atoms with Crippen molar-refractivity contribution in [2.24, 2.45) is 0 Å². The van der Waals surface area contributed by atoms with E-state index < -0.39 is 22.2 Å². The lowest BCUT2D eigenvalue weighted by atomic mass is 10.1. The first-order chi connectivity index (χ1) is 9.50. The molecule has 116 valence electrons. The van der Waals surface area contributed by atoms with E-state index >= 15 is 0 Å². The number of piperidine rings is 1. The van der Waals surface area contributed by atoms with Gasteiger partial charge in [-0.25, -0.2) is 0 Å². The highest BCUT2D eigenvalue weighted by atomic mass is 32.2. The second kappa shape index (κ2) is 6.87. The van der Waals surface area contributed by atoms with Crippen molar-refractivity contribution in [2.45, 2.75) is 69.9 Å². The molecule has 0 radical (unpaired) electrons. The van der Waals surface area contributed by atoms with Crippen LogP contribution in [0, 0.1) is 0 Å². The van der Waals surface area contributed by atoms with Crippen molar-refractivity contribution in [1.82, 2.24) is 9.03 Å². The molecule has 20 heavy (non-hydrogen) atoms. The van der Waals surface area contributed by atoms with Crippen LogP contribution in [0.15, 0.2) is 0 Å². The van der Waals surface area contributed by atoms with Gasteiger partial charge in [0.15, 0.2) is 0 Å². The topological polar surface area (TPSA) is 86.7 Å². The van der Waals surface area contributed by atoms with E-state index in [1.165, 1.54) is 0 Å². The standard InChI is InChI=1S/C13H24N2O4S/c16-13(17)12-9-5-6-10-15(12)20(18,19)14-11-7-3-1-2-4-8-11/h11-12,14H,1-10H2,(H,16,17). The molecule has 2 aliphatic rings. The van der Waals surface area contributed by atoms with Gasteiger partial charge >= 0.3 is 5.97 Å². The number of carboxylic acids is 1. The molecule has 0 spiro atoms. The van der Waals surface area contributed by atoms with E-state index in [-0.39, 0.29) is 6.04 Å². The fraction of sp³-hybridized carbons (Fsp3) is 0.923. The monoisotopic (exact) mass is 304 g/mol. The predicted molar refractivity (Wildman–Crippen MR) is 75.5 cm³/mol. The number of carboxylic acid groups (broad SMARTS) is 1. The molecule has 0 amide bonds. The zero-order chi connectivity index (χ0) is 14.6. The SMILES string of the molecule is O=C(O)C1CCCCN1S(=O)(=O)NC1CCCCCC1. The minimum Gasteiger partial charge on any atom is -0.480 e. The molecule has 1 unspecified atom stereocenters.